The first-order valence-electron chi connectivity index (χ1n) is 11.4. The van der Waals surface area contributed by atoms with E-state index in [9.17, 15) is 18.8 Å². The number of hydrogen-bond donors (Lipinski definition) is 2. The summed E-state index contributed by atoms with van der Waals surface area (Å²) < 4.78 is 25.2. The lowest BCUT2D eigenvalue weighted by Crippen LogP contribution is -2.54. The number of anilines is 1. The molecule has 0 saturated carbocycles. The molecule has 0 unspecified atom stereocenters. The highest BCUT2D eigenvalue weighted by Gasteiger charge is 2.39. The van der Waals surface area contributed by atoms with Crippen LogP contribution < -0.4 is 15.4 Å². The molecule has 2 aliphatic rings. The van der Waals surface area contributed by atoms with E-state index in [0.717, 1.165) is 0 Å². The average molecular weight is 470 g/mol. The number of carbonyl (C=O) groups is 3. The van der Waals surface area contributed by atoms with Gasteiger partial charge in [-0.2, -0.15) is 0 Å². The number of fused-ring (bicyclic) bond motifs is 2. The highest BCUT2D eigenvalue weighted by Crippen LogP contribution is 2.32. The predicted octanol–water partition coefficient (Wildman–Crippen LogP) is 2.98. The van der Waals surface area contributed by atoms with Gasteiger partial charge in [0.2, 0.25) is 5.91 Å². The highest BCUT2D eigenvalue weighted by molar-refractivity contribution is 6.05. The van der Waals surface area contributed by atoms with Crippen LogP contribution in [0.2, 0.25) is 0 Å². The van der Waals surface area contributed by atoms with Crippen LogP contribution >= 0.6 is 0 Å². The van der Waals surface area contributed by atoms with Crippen LogP contribution in [0, 0.1) is 5.82 Å². The largest absolute Gasteiger partial charge is 0.490 e. The van der Waals surface area contributed by atoms with Gasteiger partial charge in [-0.3, -0.25) is 14.4 Å². The molecule has 2 aliphatic heterocycles. The third-order valence-corrected chi connectivity index (χ3v) is 6.16. The SMILES string of the molecule is CCNC(=O)C[C@@H]1CC[C@@H]2[C@H](COc3ccc(NC(=O)c4ccc(F)cc4)cc3C(=O)N2C)O1. The molecule has 0 spiro atoms. The van der Waals surface area contributed by atoms with Crippen molar-refractivity contribution in [3.05, 3.63) is 59.4 Å². The van der Waals surface area contributed by atoms with Crippen molar-refractivity contribution in [1.29, 1.82) is 0 Å². The topological polar surface area (TPSA) is 97.0 Å². The molecule has 34 heavy (non-hydrogen) atoms. The number of nitrogens with zero attached hydrogens (tertiary/aromatic N) is 1. The molecule has 9 heteroatoms. The minimum atomic E-state index is -0.427. The Hall–Kier alpha value is -3.46. The fraction of sp³-hybridized carbons (Fsp3) is 0.400. The molecule has 0 aromatic heterocycles. The molecule has 2 aromatic rings. The maximum atomic E-state index is 13.3. The van der Waals surface area contributed by atoms with Crippen molar-refractivity contribution in [3.8, 4) is 5.75 Å². The van der Waals surface area contributed by atoms with E-state index < -0.39 is 11.7 Å². The van der Waals surface area contributed by atoms with Crippen LogP contribution in [0.3, 0.4) is 0 Å². The Bertz CT molecular complexity index is 1070. The van der Waals surface area contributed by atoms with Crippen molar-refractivity contribution in [1.82, 2.24) is 10.2 Å². The molecule has 0 aliphatic carbocycles. The van der Waals surface area contributed by atoms with Crippen molar-refractivity contribution in [2.24, 2.45) is 0 Å². The van der Waals surface area contributed by atoms with Gasteiger partial charge in [-0.1, -0.05) is 0 Å². The molecule has 2 heterocycles. The number of halogens is 1. The van der Waals surface area contributed by atoms with Gasteiger partial charge < -0.3 is 25.0 Å². The Kier molecular flexibility index (Phi) is 7.12. The second-order valence-electron chi connectivity index (χ2n) is 8.50. The van der Waals surface area contributed by atoms with Gasteiger partial charge in [0.05, 0.1) is 24.1 Å². The van der Waals surface area contributed by atoms with E-state index in [1.807, 2.05) is 6.92 Å². The van der Waals surface area contributed by atoms with Crippen LogP contribution in [0.1, 0.15) is 46.9 Å². The summed E-state index contributed by atoms with van der Waals surface area (Å²) in [4.78, 5) is 39.4. The van der Waals surface area contributed by atoms with E-state index in [4.69, 9.17) is 9.47 Å². The van der Waals surface area contributed by atoms with Gasteiger partial charge in [-0.25, -0.2) is 4.39 Å². The highest BCUT2D eigenvalue weighted by atomic mass is 19.1. The molecular formula is C25H28FN3O5. The summed E-state index contributed by atoms with van der Waals surface area (Å²) in [6.07, 6.45) is 1.06. The van der Waals surface area contributed by atoms with Gasteiger partial charge in [0.15, 0.2) is 0 Å². The maximum Gasteiger partial charge on any atom is 0.257 e. The molecule has 180 valence electrons. The van der Waals surface area contributed by atoms with Crippen LogP contribution in [0.5, 0.6) is 5.75 Å². The van der Waals surface area contributed by atoms with E-state index in [1.165, 1.54) is 24.3 Å². The van der Waals surface area contributed by atoms with Crippen molar-refractivity contribution < 1.29 is 28.2 Å². The van der Waals surface area contributed by atoms with Crippen LogP contribution in [0.15, 0.2) is 42.5 Å². The van der Waals surface area contributed by atoms with Gasteiger partial charge in [0.1, 0.15) is 24.3 Å². The fourth-order valence-corrected chi connectivity index (χ4v) is 4.39. The molecule has 3 amide bonds. The van der Waals surface area contributed by atoms with Crippen LogP contribution in [0.25, 0.3) is 0 Å². The summed E-state index contributed by atoms with van der Waals surface area (Å²) in [5.41, 5.74) is 1.07. The summed E-state index contributed by atoms with van der Waals surface area (Å²) in [7, 11) is 1.73. The number of ether oxygens (including phenoxy) is 2. The Morgan fingerprint density at radius 3 is 2.65 bits per heavy atom. The lowest BCUT2D eigenvalue weighted by Gasteiger charge is -2.42. The van der Waals surface area contributed by atoms with Crippen molar-refractivity contribution >= 4 is 23.4 Å². The molecule has 8 nitrogen and oxygen atoms in total. The van der Waals surface area contributed by atoms with Gasteiger partial charge in [-0.05, 0) is 62.2 Å². The smallest absolute Gasteiger partial charge is 0.257 e. The van der Waals surface area contributed by atoms with Crippen molar-refractivity contribution in [3.63, 3.8) is 0 Å². The van der Waals surface area contributed by atoms with Gasteiger partial charge in [0, 0.05) is 24.8 Å². The molecule has 2 N–H and O–H groups in total. The summed E-state index contributed by atoms with van der Waals surface area (Å²) in [5, 5.41) is 5.53. The average Bonchev–Trinajstić information content (AvgIpc) is 2.82. The number of likely N-dealkylation sites (N-methyl/N-ethyl adjacent to an activating group) is 1. The second-order valence-corrected chi connectivity index (χ2v) is 8.50. The number of benzene rings is 2. The van der Waals surface area contributed by atoms with E-state index >= 15 is 0 Å². The monoisotopic (exact) mass is 469 g/mol. The quantitative estimate of drug-likeness (QED) is 0.702. The lowest BCUT2D eigenvalue weighted by molar-refractivity contribution is -0.133. The standard InChI is InChI=1S/C25H28FN3O5/c1-3-27-23(30)13-18-9-10-20-22(34-18)14-33-21-11-8-17(12-19(21)25(32)29(20)2)28-24(31)15-4-6-16(26)7-5-15/h4-8,11-12,18,20,22H,3,9-10,13-14H2,1-2H3,(H,27,30)(H,28,31)/t18-,20+,22-/m0/s1. The number of rotatable bonds is 5. The summed E-state index contributed by atoms with van der Waals surface area (Å²) in [6, 6.07) is 9.88. The van der Waals surface area contributed by atoms with Gasteiger partial charge >= 0.3 is 0 Å². The van der Waals surface area contributed by atoms with E-state index in [2.05, 4.69) is 10.6 Å². The van der Waals surface area contributed by atoms with Crippen LogP contribution in [-0.2, 0) is 9.53 Å². The molecular weight excluding hydrogens is 441 g/mol. The number of nitrogens with one attached hydrogen (secondary N) is 2. The first kappa shape index (κ1) is 23.7. The normalized spacial score (nSPS) is 21.9. The van der Waals surface area contributed by atoms with Crippen LogP contribution in [0.4, 0.5) is 10.1 Å². The zero-order chi connectivity index (χ0) is 24.2. The number of amides is 3. The Morgan fingerprint density at radius 2 is 1.91 bits per heavy atom. The summed E-state index contributed by atoms with van der Waals surface area (Å²) >= 11 is 0. The van der Waals surface area contributed by atoms with E-state index in [-0.39, 0.29) is 43.1 Å². The molecule has 2 aromatic carbocycles. The van der Waals surface area contributed by atoms with Gasteiger partial charge in [0.25, 0.3) is 11.8 Å². The Labute approximate surface area is 197 Å². The zero-order valence-electron chi connectivity index (χ0n) is 19.2. The predicted molar refractivity (Wildman–Crippen MR) is 123 cm³/mol. The third kappa shape index (κ3) is 5.20. The summed E-state index contributed by atoms with van der Waals surface area (Å²) in [5.74, 6) is -0.740. The molecule has 0 radical (unpaired) electrons. The van der Waals surface area contributed by atoms with Gasteiger partial charge in [-0.15, -0.1) is 0 Å². The zero-order valence-corrected chi connectivity index (χ0v) is 19.2. The molecule has 3 atom stereocenters. The minimum Gasteiger partial charge on any atom is -0.490 e. The second kappa shape index (κ2) is 10.2. The van der Waals surface area contributed by atoms with E-state index in [0.29, 0.717) is 42.0 Å². The van der Waals surface area contributed by atoms with Crippen molar-refractivity contribution in [2.75, 3.05) is 25.5 Å². The lowest BCUT2D eigenvalue weighted by atomic mass is 9.94. The third-order valence-electron chi connectivity index (χ3n) is 6.16. The van der Waals surface area contributed by atoms with Crippen LogP contribution in [-0.4, -0.2) is 61.1 Å². The fourth-order valence-electron chi connectivity index (χ4n) is 4.39. The molecule has 1 fully saturated rings. The van der Waals surface area contributed by atoms with E-state index in [1.54, 1.807) is 30.1 Å². The maximum absolute atomic E-state index is 13.3. The Morgan fingerprint density at radius 1 is 1.15 bits per heavy atom. The summed E-state index contributed by atoms with van der Waals surface area (Å²) in [6.45, 7) is 2.68. The Balaban J connectivity index is 1.49. The number of carbonyl (C=O) groups excluding carboxylic acids is 3. The first-order valence-corrected chi connectivity index (χ1v) is 11.4. The number of hydrogen-bond acceptors (Lipinski definition) is 5. The molecule has 1 saturated heterocycles. The van der Waals surface area contributed by atoms with Crippen molar-refractivity contribution in [2.45, 2.75) is 44.4 Å². The first-order chi connectivity index (χ1) is 16.4. The minimum absolute atomic E-state index is 0.0531. The molecule has 4 rings (SSSR count). The molecule has 0 bridgehead atoms.